The number of nitrogens with zero attached hydrogens (tertiary/aromatic N) is 6. The van der Waals surface area contributed by atoms with Crippen molar-refractivity contribution < 1.29 is 65.4 Å². The molecule has 1 saturated heterocycles. The molecule has 0 saturated carbocycles. The summed E-state index contributed by atoms with van der Waals surface area (Å²) in [6.07, 6.45) is -0.833. The maximum atomic E-state index is 13.5. The number of imide groups is 1. The summed E-state index contributed by atoms with van der Waals surface area (Å²) < 4.78 is 63.6. The summed E-state index contributed by atoms with van der Waals surface area (Å²) in [4.78, 5) is 98.1. The van der Waals surface area contributed by atoms with Gasteiger partial charge in [0.05, 0.1) is 37.4 Å². The van der Waals surface area contributed by atoms with Crippen LogP contribution in [0.1, 0.15) is 92.9 Å². The number of halogens is 3. The molecule has 5 heterocycles. The number of piperidine rings is 1. The van der Waals surface area contributed by atoms with Crippen LogP contribution in [0, 0.1) is 0 Å². The fourth-order valence-electron chi connectivity index (χ4n) is 7.59. The van der Waals surface area contributed by atoms with E-state index in [0.717, 1.165) is 29.7 Å². The zero-order chi connectivity index (χ0) is 51.0. The Morgan fingerprint density at radius 2 is 1.72 bits per heavy atom. The minimum atomic E-state index is -4.80. The van der Waals surface area contributed by atoms with E-state index in [9.17, 15) is 46.7 Å². The fraction of sp³-hybridized carbons (Fsp3) is 0.362. The summed E-state index contributed by atoms with van der Waals surface area (Å²) in [5, 5.41) is 11.8. The maximum absolute atomic E-state index is 13.5. The van der Waals surface area contributed by atoms with Crippen molar-refractivity contribution in [1.29, 1.82) is 0 Å². The lowest BCUT2D eigenvalue weighted by Gasteiger charge is -2.29. The van der Waals surface area contributed by atoms with Crippen molar-refractivity contribution in [3.8, 4) is 17.1 Å². The van der Waals surface area contributed by atoms with Gasteiger partial charge in [-0.1, -0.05) is 12.1 Å². The maximum Gasteiger partial charge on any atom is 0.416 e. The molecule has 2 aliphatic heterocycles. The minimum Gasteiger partial charge on any atom is -0.444 e. The molecule has 24 heteroatoms. The van der Waals surface area contributed by atoms with E-state index in [2.05, 4.69) is 31.0 Å². The van der Waals surface area contributed by atoms with Gasteiger partial charge < -0.3 is 39.9 Å². The summed E-state index contributed by atoms with van der Waals surface area (Å²) in [6, 6.07) is 13.5. The molecule has 0 bridgehead atoms. The minimum absolute atomic E-state index is 0.0739. The number of hydrogen-bond donors (Lipinski definition) is 4. The van der Waals surface area contributed by atoms with Crippen LogP contribution in [0.2, 0.25) is 0 Å². The SMILES string of the molecule is CC(C)(C)OC(=O)N(CC(F)(F)F)c1cc(-c2nc(C(=O)Nc3cn(-c4ccc(C(=O)NCCOCCOCCCc5cccc6c5CN(C5CCC(=O)NC5=O)C6=O)cc4)nc3C(N)=O)co2)ccn1. The number of rotatable bonds is 19. The highest BCUT2D eigenvalue weighted by Gasteiger charge is 2.40. The molecule has 1 fully saturated rings. The average molecular weight is 987 g/mol. The van der Waals surface area contributed by atoms with Crippen molar-refractivity contribution in [2.75, 3.05) is 49.7 Å². The van der Waals surface area contributed by atoms with E-state index in [-0.39, 0.29) is 65.8 Å². The monoisotopic (exact) mass is 986 g/mol. The van der Waals surface area contributed by atoms with Crippen LogP contribution in [-0.2, 0) is 36.8 Å². The van der Waals surface area contributed by atoms with Crippen LogP contribution in [-0.4, -0.2) is 124 Å². The van der Waals surface area contributed by atoms with Crippen molar-refractivity contribution in [1.82, 2.24) is 35.3 Å². The van der Waals surface area contributed by atoms with Gasteiger partial charge >= 0.3 is 12.3 Å². The van der Waals surface area contributed by atoms with Gasteiger partial charge in [-0.25, -0.2) is 19.4 Å². The summed E-state index contributed by atoms with van der Waals surface area (Å²) in [7, 11) is 0. The molecule has 1 atom stereocenters. The van der Waals surface area contributed by atoms with E-state index in [1.807, 2.05) is 12.1 Å². The number of nitrogens with one attached hydrogen (secondary N) is 3. The van der Waals surface area contributed by atoms with Gasteiger partial charge in [0.1, 0.15) is 30.3 Å². The van der Waals surface area contributed by atoms with Gasteiger partial charge in [-0.2, -0.15) is 18.3 Å². The Labute approximate surface area is 403 Å². The second-order valence-electron chi connectivity index (χ2n) is 17.3. The van der Waals surface area contributed by atoms with Gasteiger partial charge in [0.2, 0.25) is 17.7 Å². The van der Waals surface area contributed by atoms with Crippen molar-refractivity contribution in [2.24, 2.45) is 5.73 Å². The van der Waals surface area contributed by atoms with E-state index in [0.29, 0.717) is 67.3 Å². The number of carbonyl (C=O) groups excluding carboxylic acids is 7. The van der Waals surface area contributed by atoms with Crippen molar-refractivity contribution in [3.63, 3.8) is 0 Å². The average Bonchev–Trinajstić information content (AvgIpc) is 4.07. The second kappa shape index (κ2) is 21.8. The molecular formula is C47H49F3N10O11. The number of aryl methyl sites for hydroxylation is 1. The Morgan fingerprint density at radius 3 is 2.42 bits per heavy atom. The molecule has 71 heavy (non-hydrogen) atoms. The van der Waals surface area contributed by atoms with Crippen LogP contribution < -0.4 is 26.6 Å². The number of ether oxygens (including phenoxy) is 3. The molecule has 5 aromatic rings. The third-order valence-corrected chi connectivity index (χ3v) is 10.9. The van der Waals surface area contributed by atoms with E-state index in [1.54, 1.807) is 18.2 Å². The van der Waals surface area contributed by atoms with Crippen LogP contribution in [0.3, 0.4) is 0 Å². The predicted octanol–water partition coefficient (Wildman–Crippen LogP) is 4.73. The standard InChI is InChI=1S/C47H49F3N10O11/c1-46(2,3)71-45(67)59(26-47(48,49)50)36-22-29(15-16-52-36)43-55-34(25-70-43)41(64)54-33-24-60(57-38(33)39(51)62)30-11-9-28(10-12-30)40(63)53-17-19-69-21-20-68-18-5-7-27-6-4-8-31-32(27)23-58(44(31)66)35-13-14-37(61)56-42(35)65/h4,6,8-12,15-16,22,24-25,35H,5,7,13-14,17-21,23,26H2,1-3H3,(H2,51,62)(H,53,63)(H,54,64)(H,56,61,65). The lowest BCUT2D eigenvalue weighted by atomic mass is 10.00. The van der Waals surface area contributed by atoms with Crippen LogP contribution >= 0.6 is 0 Å². The highest BCUT2D eigenvalue weighted by atomic mass is 19.4. The summed E-state index contributed by atoms with van der Waals surface area (Å²) in [5.41, 5.74) is 6.99. The largest absolute Gasteiger partial charge is 0.444 e. The number of alkyl halides is 3. The Bertz CT molecular complexity index is 2820. The number of aromatic nitrogens is 4. The topological polar surface area (TPSA) is 273 Å². The van der Waals surface area contributed by atoms with Gasteiger partial charge in [-0.15, -0.1) is 0 Å². The number of amides is 7. The number of primary amides is 1. The fourth-order valence-corrected chi connectivity index (χ4v) is 7.59. The van der Waals surface area contributed by atoms with Crippen LogP contribution in [0.25, 0.3) is 17.1 Å². The Balaban J connectivity index is 0.843. The van der Waals surface area contributed by atoms with E-state index in [4.69, 9.17) is 24.4 Å². The number of hydrogen-bond acceptors (Lipinski definition) is 14. The molecule has 1 unspecified atom stereocenters. The van der Waals surface area contributed by atoms with Crippen molar-refractivity contribution in [3.05, 3.63) is 107 Å². The smallest absolute Gasteiger partial charge is 0.416 e. The third kappa shape index (κ3) is 13.0. The molecule has 7 amide bonds. The van der Waals surface area contributed by atoms with Gasteiger partial charge in [-0.3, -0.25) is 39.0 Å². The lowest BCUT2D eigenvalue weighted by molar-refractivity contribution is -0.137. The number of anilines is 2. The Morgan fingerprint density at radius 1 is 0.972 bits per heavy atom. The summed E-state index contributed by atoms with van der Waals surface area (Å²) in [5.74, 6) is -3.84. The number of fused-ring (bicyclic) bond motifs is 1. The molecule has 3 aromatic heterocycles. The highest BCUT2D eigenvalue weighted by Crippen LogP contribution is 2.31. The van der Waals surface area contributed by atoms with E-state index < -0.39 is 54.0 Å². The first kappa shape index (κ1) is 50.9. The molecule has 0 spiro atoms. The number of nitrogens with two attached hydrogens (primary N) is 1. The van der Waals surface area contributed by atoms with E-state index >= 15 is 0 Å². The Kier molecular flexibility index (Phi) is 15.6. The van der Waals surface area contributed by atoms with Gasteiger partial charge in [0, 0.05) is 49.0 Å². The highest BCUT2D eigenvalue weighted by molar-refractivity contribution is 6.07. The van der Waals surface area contributed by atoms with Crippen molar-refractivity contribution in [2.45, 2.75) is 70.8 Å². The molecule has 21 nitrogen and oxygen atoms in total. The van der Waals surface area contributed by atoms with Crippen molar-refractivity contribution >= 4 is 53.0 Å². The molecule has 2 aromatic carbocycles. The van der Waals surface area contributed by atoms with Crippen LogP contribution in [0.15, 0.2) is 77.7 Å². The zero-order valence-electron chi connectivity index (χ0n) is 38.7. The molecule has 0 aliphatic carbocycles. The third-order valence-electron chi connectivity index (χ3n) is 10.9. The lowest BCUT2D eigenvalue weighted by Crippen LogP contribution is -2.52. The number of pyridine rings is 1. The molecule has 2 aliphatic rings. The predicted molar refractivity (Wildman–Crippen MR) is 244 cm³/mol. The molecule has 7 rings (SSSR count). The second-order valence-corrected chi connectivity index (χ2v) is 17.3. The van der Waals surface area contributed by atoms with Gasteiger partial charge in [-0.05, 0) is 93.6 Å². The van der Waals surface area contributed by atoms with E-state index in [1.165, 1.54) is 54.7 Å². The first-order valence-electron chi connectivity index (χ1n) is 22.2. The summed E-state index contributed by atoms with van der Waals surface area (Å²) in [6.45, 7) is 4.60. The molecule has 374 valence electrons. The first-order valence-corrected chi connectivity index (χ1v) is 22.2. The first-order chi connectivity index (χ1) is 33.7. The number of oxazole rings is 1. The van der Waals surface area contributed by atoms with Crippen LogP contribution in [0.4, 0.5) is 29.5 Å². The molecule has 0 radical (unpaired) electrons. The van der Waals surface area contributed by atoms with Gasteiger partial charge in [0.15, 0.2) is 11.4 Å². The number of carbonyl (C=O) groups is 7. The Hall–Kier alpha value is -7.99. The summed E-state index contributed by atoms with van der Waals surface area (Å²) >= 11 is 0. The molecule has 5 N–H and O–H groups in total. The number of benzene rings is 2. The van der Waals surface area contributed by atoms with Crippen LogP contribution in [0.5, 0.6) is 0 Å². The molecular weight excluding hydrogens is 938 g/mol. The normalized spacial score (nSPS) is 14.8. The zero-order valence-corrected chi connectivity index (χ0v) is 38.7. The quantitative estimate of drug-likeness (QED) is 0.0644. The van der Waals surface area contributed by atoms with Gasteiger partial charge in [0.25, 0.3) is 23.6 Å².